The highest BCUT2D eigenvalue weighted by atomic mass is 35.5. The number of carboxylic acids is 1. The summed E-state index contributed by atoms with van der Waals surface area (Å²) in [6, 6.07) is -0.635. The van der Waals surface area contributed by atoms with Crippen molar-refractivity contribution in [3.05, 3.63) is 33.1 Å². The lowest BCUT2D eigenvalue weighted by Gasteiger charge is -2.11. The maximum Gasteiger partial charge on any atom is 0.328 e. The van der Waals surface area contributed by atoms with Crippen LogP contribution >= 0.6 is 11.6 Å². The first-order chi connectivity index (χ1) is 8.86. The molecular weight excluding hydrogens is 282 g/mol. The summed E-state index contributed by atoms with van der Waals surface area (Å²) in [6.07, 6.45) is 0.784. The minimum atomic E-state index is -1.57. The van der Waals surface area contributed by atoms with Gasteiger partial charge in [-0.3, -0.25) is 14.9 Å². The summed E-state index contributed by atoms with van der Waals surface area (Å²) in [5.41, 5.74) is -1.06. The zero-order chi connectivity index (χ0) is 14.6. The number of hydrogen-bond acceptors (Lipinski definition) is 6. The maximum absolute atomic E-state index is 11.7. The third-order valence-corrected chi connectivity index (χ3v) is 2.28. The number of carboxylic acid groups (broad SMARTS) is 1. The quantitative estimate of drug-likeness (QED) is 0.387. The second kappa shape index (κ2) is 6.07. The molecule has 1 aromatic heterocycles. The van der Waals surface area contributed by atoms with E-state index < -0.39 is 40.7 Å². The Labute approximate surface area is 111 Å². The molecule has 0 unspecified atom stereocenters. The molecular formula is C9H8ClN3O6. The van der Waals surface area contributed by atoms with Gasteiger partial charge in [0.1, 0.15) is 16.9 Å². The molecule has 1 rings (SSSR count). The van der Waals surface area contributed by atoms with Crippen LogP contribution in [-0.2, 0) is 4.79 Å². The van der Waals surface area contributed by atoms with Crippen molar-refractivity contribution in [1.82, 2.24) is 10.3 Å². The van der Waals surface area contributed by atoms with Crippen molar-refractivity contribution in [3.63, 3.8) is 0 Å². The van der Waals surface area contributed by atoms with Gasteiger partial charge in [0.15, 0.2) is 6.04 Å². The van der Waals surface area contributed by atoms with E-state index in [0.717, 1.165) is 12.3 Å². The van der Waals surface area contributed by atoms with Gasteiger partial charge in [0.25, 0.3) is 11.6 Å². The normalized spacial score (nSPS) is 11.7. The Kier molecular flexibility index (Phi) is 4.73. The molecule has 0 aliphatic carbocycles. The first kappa shape index (κ1) is 14.8. The Morgan fingerprint density at radius 1 is 1.58 bits per heavy atom. The summed E-state index contributed by atoms with van der Waals surface area (Å²) in [4.78, 5) is 35.7. The van der Waals surface area contributed by atoms with E-state index in [2.05, 4.69) is 4.98 Å². The van der Waals surface area contributed by atoms with Crippen molar-refractivity contribution in [2.24, 2.45) is 0 Å². The molecule has 0 aromatic carbocycles. The van der Waals surface area contributed by atoms with Crippen LogP contribution in [0.4, 0.5) is 5.69 Å². The van der Waals surface area contributed by atoms with Crippen LogP contribution in [0.15, 0.2) is 12.3 Å². The van der Waals surface area contributed by atoms with Crippen molar-refractivity contribution >= 4 is 29.2 Å². The lowest BCUT2D eigenvalue weighted by Crippen LogP contribution is -2.43. The van der Waals surface area contributed by atoms with Gasteiger partial charge in [-0.15, -0.1) is 0 Å². The predicted molar refractivity (Wildman–Crippen MR) is 61.9 cm³/mol. The number of amides is 1. The Morgan fingerprint density at radius 3 is 2.68 bits per heavy atom. The van der Waals surface area contributed by atoms with Gasteiger partial charge in [-0.2, -0.15) is 0 Å². The molecule has 0 bridgehead atoms. The van der Waals surface area contributed by atoms with Gasteiger partial charge in [0.05, 0.1) is 11.5 Å². The first-order valence-corrected chi connectivity index (χ1v) is 5.19. The largest absolute Gasteiger partial charge is 0.480 e. The molecule has 1 aromatic rings. The molecule has 1 heterocycles. The van der Waals surface area contributed by atoms with Crippen LogP contribution in [0.5, 0.6) is 0 Å². The number of rotatable bonds is 5. The summed E-state index contributed by atoms with van der Waals surface area (Å²) in [5, 5.41) is 29.9. The highest BCUT2D eigenvalue weighted by molar-refractivity contribution is 6.29. The van der Waals surface area contributed by atoms with Crippen molar-refractivity contribution in [1.29, 1.82) is 0 Å². The Hall–Kier alpha value is -2.26. The van der Waals surface area contributed by atoms with E-state index in [4.69, 9.17) is 21.8 Å². The fourth-order valence-electron chi connectivity index (χ4n) is 1.17. The number of carbonyl (C=O) groups excluding carboxylic acids is 1. The van der Waals surface area contributed by atoms with Crippen LogP contribution in [0.25, 0.3) is 0 Å². The van der Waals surface area contributed by atoms with Gasteiger partial charge >= 0.3 is 5.97 Å². The van der Waals surface area contributed by atoms with Crippen molar-refractivity contribution in [2.45, 2.75) is 6.04 Å². The summed E-state index contributed by atoms with van der Waals surface area (Å²) in [7, 11) is 0. The van der Waals surface area contributed by atoms with Crippen LogP contribution in [0.3, 0.4) is 0 Å². The van der Waals surface area contributed by atoms with Crippen LogP contribution in [-0.4, -0.2) is 44.6 Å². The third kappa shape index (κ3) is 3.60. The molecule has 0 aliphatic rings. The van der Waals surface area contributed by atoms with Crippen LogP contribution in [0.1, 0.15) is 10.4 Å². The van der Waals surface area contributed by atoms with E-state index >= 15 is 0 Å². The summed E-state index contributed by atoms with van der Waals surface area (Å²) >= 11 is 5.52. The van der Waals surface area contributed by atoms with Gasteiger partial charge in [-0.25, -0.2) is 9.78 Å². The van der Waals surface area contributed by atoms with E-state index in [1.807, 2.05) is 5.32 Å². The number of nitro groups is 1. The van der Waals surface area contributed by atoms with E-state index in [1.54, 1.807) is 0 Å². The Balaban J connectivity index is 3.08. The Bertz CT molecular complexity index is 535. The zero-order valence-electron chi connectivity index (χ0n) is 9.24. The average molecular weight is 290 g/mol. The SMILES string of the molecule is O=C(N[C@@H](CO)C(=O)O)c1cc(Cl)ncc1[N+](=O)[O-]. The molecule has 19 heavy (non-hydrogen) atoms. The van der Waals surface area contributed by atoms with Gasteiger partial charge in [0, 0.05) is 0 Å². The van der Waals surface area contributed by atoms with Gasteiger partial charge in [0.2, 0.25) is 0 Å². The van der Waals surface area contributed by atoms with E-state index in [-0.39, 0.29) is 5.15 Å². The van der Waals surface area contributed by atoms with Crippen molar-refractivity contribution in [2.75, 3.05) is 6.61 Å². The maximum atomic E-state index is 11.7. The molecule has 0 saturated heterocycles. The van der Waals surface area contributed by atoms with E-state index in [9.17, 15) is 19.7 Å². The zero-order valence-corrected chi connectivity index (χ0v) is 9.99. The fraction of sp³-hybridized carbons (Fsp3) is 0.222. The number of aliphatic hydroxyl groups excluding tert-OH is 1. The average Bonchev–Trinajstić information content (AvgIpc) is 2.34. The second-order valence-electron chi connectivity index (χ2n) is 3.33. The lowest BCUT2D eigenvalue weighted by atomic mass is 10.2. The number of aromatic nitrogens is 1. The Morgan fingerprint density at radius 2 is 2.21 bits per heavy atom. The molecule has 3 N–H and O–H groups in total. The number of nitrogens with zero attached hydrogens (tertiary/aromatic N) is 2. The minimum absolute atomic E-state index is 0.161. The molecule has 0 radical (unpaired) electrons. The molecule has 10 heteroatoms. The summed E-state index contributed by atoms with van der Waals surface area (Å²) in [6.45, 7) is -0.853. The summed E-state index contributed by atoms with van der Waals surface area (Å²) < 4.78 is 0. The van der Waals surface area contributed by atoms with Gasteiger partial charge < -0.3 is 15.5 Å². The lowest BCUT2D eigenvalue weighted by molar-refractivity contribution is -0.385. The van der Waals surface area contributed by atoms with Crippen molar-refractivity contribution in [3.8, 4) is 0 Å². The highest BCUT2D eigenvalue weighted by Crippen LogP contribution is 2.20. The fourth-order valence-corrected chi connectivity index (χ4v) is 1.33. The molecule has 1 atom stereocenters. The van der Waals surface area contributed by atoms with Crippen LogP contribution in [0, 0.1) is 10.1 Å². The molecule has 0 fully saturated rings. The monoisotopic (exact) mass is 289 g/mol. The molecule has 0 saturated carbocycles. The smallest absolute Gasteiger partial charge is 0.328 e. The van der Waals surface area contributed by atoms with Crippen LogP contribution in [0.2, 0.25) is 5.15 Å². The molecule has 0 aliphatic heterocycles. The van der Waals surface area contributed by atoms with Gasteiger partial charge in [-0.1, -0.05) is 11.6 Å². The standard InChI is InChI=1S/C9H8ClN3O6/c10-7-1-4(6(2-11-7)13(18)19)8(15)12-5(3-14)9(16)17/h1-2,5,14H,3H2,(H,12,15)(H,16,17)/t5-/m0/s1. The number of aliphatic carboxylic acids is 1. The predicted octanol–water partition coefficient (Wildman–Crippen LogP) is -0.182. The molecule has 9 nitrogen and oxygen atoms in total. The van der Waals surface area contributed by atoms with Gasteiger partial charge in [-0.05, 0) is 6.07 Å². The first-order valence-electron chi connectivity index (χ1n) is 4.81. The van der Waals surface area contributed by atoms with Crippen LogP contribution < -0.4 is 5.32 Å². The minimum Gasteiger partial charge on any atom is -0.480 e. The highest BCUT2D eigenvalue weighted by Gasteiger charge is 2.25. The third-order valence-electron chi connectivity index (χ3n) is 2.08. The van der Waals surface area contributed by atoms with E-state index in [1.165, 1.54) is 0 Å². The molecule has 1 amide bonds. The number of hydrogen-bond donors (Lipinski definition) is 3. The second-order valence-corrected chi connectivity index (χ2v) is 3.72. The topological polar surface area (TPSA) is 143 Å². The number of pyridine rings is 1. The summed E-state index contributed by atoms with van der Waals surface area (Å²) in [5.74, 6) is -2.52. The molecule has 102 valence electrons. The number of carbonyl (C=O) groups is 2. The van der Waals surface area contributed by atoms with Crippen molar-refractivity contribution < 1.29 is 24.7 Å². The van der Waals surface area contributed by atoms with E-state index in [0.29, 0.717) is 0 Å². The number of aliphatic hydroxyl groups is 1. The molecule has 0 spiro atoms. The number of nitrogens with one attached hydrogen (secondary N) is 1. The number of halogens is 1.